The number of hydrogen-bond acceptors (Lipinski definition) is 4. The number of halogens is 7. The molecule has 1 N–H and O–H groups in total. The maximum Gasteiger partial charge on any atom is 0.430 e. The van der Waals surface area contributed by atoms with Crippen LogP contribution in [0.2, 0.25) is 0 Å². The Balaban J connectivity index is 1.27. The topological polar surface area (TPSA) is 39.6 Å². The quantitative estimate of drug-likeness (QED) is 0.352. The summed E-state index contributed by atoms with van der Waals surface area (Å²) in [7, 11) is 0. The molecule has 2 fully saturated rings. The second kappa shape index (κ2) is 10.4. The highest BCUT2D eigenvalue weighted by molar-refractivity contribution is 5.68. The molecule has 2 saturated heterocycles. The van der Waals surface area contributed by atoms with E-state index in [4.69, 9.17) is 0 Å². The van der Waals surface area contributed by atoms with Crippen LogP contribution in [0.1, 0.15) is 35.1 Å². The molecule has 0 saturated carbocycles. The molecule has 2 unspecified atom stereocenters. The zero-order valence-corrected chi connectivity index (χ0v) is 21.6. The molecular weight excluding hydrogens is 539 g/mol. The van der Waals surface area contributed by atoms with Gasteiger partial charge in [-0.1, -0.05) is 42.5 Å². The largest absolute Gasteiger partial charge is 0.430 e. The van der Waals surface area contributed by atoms with Crippen LogP contribution in [0.3, 0.4) is 0 Å². The lowest BCUT2D eigenvalue weighted by molar-refractivity contribution is -0.376. The summed E-state index contributed by atoms with van der Waals surface area (Å²) in [5, 5.41) is 9.63. The molecule has 2 atom stereocenters. The van der Waals surface area contributed by atoms with Crippen molar-refractivity contribution in [1.29, 1.82) is 0 Å². The molecule has 2 aromatic carbocycles. The number of fused-ring (bicyclic) bond motifs is 2. The minimum atomic E-state index is -5.93. The van der Waals surface area contributed by atoms with Crippen LogP contribution in [0.15, 0.2) is 60.9 Å². The average Bonchev–Trinajstić information content (AvgIpc) is 3.10. The Hall–Kier alpha value is -3.02. The van der Waals surface area contributed by atoms with Crippen LogP contribution in [-0.2, 0) is 18.7 Å². The Labute approximate surface area is 227 Å². The number of aliphatic hydroxyl groups is 1. The first-order chi connectivity index (χ1) is 18.8. The molecule has 3 aromatic rings. The Morgan fingerprint density at radius 3 is 2.05 bits per heavy atom. The van der Waals surface area contributed by atoms with Crippen LogP contribution < -0.4 is 0 Å². The van der Waals surface area contributed by atoms with Crippen LogP contribution in [0.25, 0.3) is 11.1 Å². The van der Waals surface area contributed by atoms with E-state index < -0.39 is 23.5 Å². The Kier molecular flexibility index (Phi) is 7.43. The number of pyridine rings is 1. The van der Waals surface area contributed by atoms with Crippen LogP contribution in [-0.4, -0.2) is 57.4 Å². The van der Waals surface area contributed by atoms with E-state index in [2.05, 4.69) is 14.8 Å². The third kappa shape index (κ3) is 5.22. The lowest BCUT2D eigenvalue weighted by atomic mass is 9.90. The van der Waals surface area contributed by atoms with Gasteiger partial charge in [0.15, 0.2) is 0 Å². The predicted molar refractivity (Wildman–Crippen MR) is 134 cm³/mol. The number of nitrogens with zero attached hydrogens (tertiary/aromatic N) is 3. The standard InChI is InChI=1S/C29H28F7N3O/c1-18-12-19(14-38-16-23-7-8-24(17-38)39(23)15-21-10-11-37-13-26(21)30)2-9-25(18)20-3-5-22(6-4-20)27(40,28(31,32)33)29(34,35)36/h2-6,9-13,23-24,40H,7-8,14-17H2,1H3. The molecule has 2 aliphatic heterocycles. The van der Waals surface area contributed by atoms with E-state index in [-0.39, 0.29) is 5.82 Å². The summed E-state index contributed by atoms with van der Waals surface area (Å²) in [5.41, 5.74) is -2.63. The van der Waals surface area contributed by atoms with Crippen molar-refractivity contribution in [2.45, 2.75) is 62.9 Å². The fraction of sp³-hybridized carbons (Fsp3) is 0.414. The number of alkyl halides is 6. The molecule has 2 bridgehead atoms. The van der Waals surface area contributed by atoms with Gasteiger partial charge in [0, 0.05) is 55.6 Å². The van der Waals surface area contributed by atoms with Gasteiger partial charge >= 0.3 is 12.4 Å². The fourth-order valence-corrected chi connectivity index (χ4v) is 5.98. The molecule has 0 amide bonds. The molecule has 0 spiro atoms. The van der Waals surface area contributed by atoms with Crippen molar-refractivity contribution in [2.75, 3.05) is 13.1 Å². The number of rotatable bonds is 6. The predicted octanol–water partition coefficient (Wildman–Crippen LogP) is 6.36. The molecule has 3 heterocycles. The van der Waals surface area contributed by atoms with Crippen molar-refractivity contribution in [3.05, 3.63) is 89.0 Å². The van der Waals surface area contributed by atoms with Gasteiger partial charge in [0.25, 0.3) is 5.60 Å². The van der Waals surface area contributed by atoms with Gasteiger partial charge in [-0.25, -0.2) is 4.39 Å². The highest BCUT2D eigenvalue weighted by atomic mass is 19.4. The molecule has 0 radical (unpaired) electrons. The van der Waals surface area contributed by atoms with Gasteiger partial charge in [-0.15, -0.1) is 0 Å². The summed E-state index contributed by atoms with van der Waals surface area (Å²) in [6.45, 7) is 4.75. The summed E-state index contributed by atoms with van der Waals surface area (Å²) in [6, 6.07) is 11.7. The summed E-state index contributed by atoms with van der Waals surface area (Å²) in [6.07, 6.45) is -6.94. The van der Waals surface area contributed by atoms with Crippen LogP contribution in [0, 0.1) is 12.7 Å². The highest BCUT2D eigenvalue weighted by Gasteiger charge is 2.71. The first-order valence-electron chi connectivity index (χ1n) is 12.9. The van der Waals surface area contributed by atoms with E-state index in [1.165, 1.54) is 6.20 Å². The van der Waals surface area contributed by atoms with Gasteiger partial charge in [0.2, 0.25) is 0 Å². The van der Waals surface area contributed by atoms with Gasteiger partial charge in [0.05, 0.1) is 6.20 Å². The third-order valence-electron chi connectivity index (χ3n) is 8.05. The van der Waals surface area contributed by atoms with Gasteiger partial charge in [-0.05, 0) is 48.1 Å². The summed E-state index contributed by atoms with van der Waals surface area (Å²) >= 11 is 0. The van der Waals surface area contributed by atoms with Gasteiger partial charge in [-0.3, -0.25) is 14.8 Å². The fourth-order valence-electron chi connectivity index (χ4n) is 5.98. The van der Waals surface area contributed by atoms with Crippen molar-refractivity contribution in [3.63, 3.8) is 0 Å². The monoisotopic (exact) mass is 567 g/mol. The minimum Gasteiger partial charge on any atom is -0.369 e. The third-order valence-corrected chi connectivity index (χ3v) is 8.05. The molecule has 214 valence electrons. The maximum absolute atomic E-state index is 14.1. The zero-order chi connectivity index (χ0) is 28.9. The van der Waals surface area contributed by atoms with E-state index in [1.807, 2.05) is 19.1 Å². The number of aryl methyl sites for hydroxylation is 1. The molecule has 11 heteroatoms. The smallest absolute Gasteiger partial charge is 0.369 e. The van der Waals surface area contributed by atoms with Crippen molar-refractivity contribution in [2.24, 2.45) is 0 Å². The van der Waals surface area contributed by atoms with Crippen molar-refractivity contribution in [3.8, 4) is 11.1 Å². The number of likely N-dealkylation sites (tertiary alicyclic amines) is 1. The molecule has 0 aliphatic carbocycles. The Morgan fingerprint density at radius 1 is 0.875 bits per heavy atom. The SMILES string of the molecule is Cc1cc(CN2CC3CCC(C2)N3Cc2ccncc2F)ccc1-c1ccc(C(O)(C(F)(F)F)C(F)(F)F)cc1. The summed E-state index contributed by atoms with van der Waals surface area (Å²) < 4.78 is 93.4. The number of hydrogen-bond donors (Lipinski definition) is 1. The summed E-state index contributed by atoms with van der Waals surface area (Å²) in [5.74, 6) is -0.300. The Morgan fingerprint density at radius 2 is 1.50 bits per heavy atom. The molecule has 4 nitrogen and oxygen atoms in total. The molecule has 40 heavy (non-hydrogen) atoms. The molecule has 2 aliphatic rings. The van der Waals surface area contributed by atoms with Gasteiger partial charge in [-0.2, -0.15) is 26.3 Å². The van der Waals surface area contributed by atoms with Crippen LogP contribution in [0.4, 0.5) is 30.7 Å². The van der Waals surface area contributed by atoms with Crippen LogP contribution in [0.5, 0.6) is 0 Å². The molecular formula is C29H28F7N3O. The van der Waals surface area contributed by atoms with E-state index >= 15 is 0 Å². The van der Waals surface area contributed by atoms with E-state index in [0.29, 0.717) is 54.0 Å². The normalized spacial score (nSPS) is 20.7. The second-order valence-electron chi connectivity index (χ2n) is 10.7. The molecule has 5 rings (SSSR count). The molecule has 1 aromatic heterocycles. The van der Waals surface area contributed by atoms with Gasteiger partial charge < -0.3 is 5.11 Å². The lowest BCUT2D eigenvalue weighted by Crippen LogP contribution is -2.53. The van der Waals surface area contributed by atoms with Gasteiger partial charge in [0.1, 0.15) is 5.82 Å². The van der Waals surface area contributed by atoms with Crippen LogP contribution >= 0.6 is 0 Å². The number of aromatic nitrogens is 1. The number of benzene rings is 2. The van der Waals surface area contributed by atoms with Crippen molar-refractivity contribution >= 4 is 0 Å². The van der Waals surface area contributed by atoms with Crippen molar-refractivity contribution < 1.29 is 35.8 Å². The van der Waals surface area contributed by atoms with E-state index in [0.717, 1.165) is 49.2 Å². The number of piperazine rings is 1. The zero-order valence-electron chi connectivity index (χ0n) is 21.6. The maximum atomic E-state index is 14.1. The first-order valence-corrected chi connectivity index (χ1v) is 12.9. The second-order valence-corrected chi connectivity index (χ2v) is 10.7. The minimum absolute atomic E-state index is 0.300. The van der Waals surface area contributed by atoms with Crippen molar-refractivity contribution in [1.82, 2.24) is 14.8 Å². The lowest BCUT2D eigenvalue weighted by Gasteiger charge is -2.41. The summed E-state index contributed by atoms with van der Waals surface area (Å²) in [4.78, 5) is 8.55. The highest BCUT2D eigenvalue weighted by Crippen LogP contribution is 2.50. The van der Waals surface area contributed by atoms with E-state index in [1.54, 1.807) is 18.3 Å². The first kappa shape index (κ1) is 28.5. The Bertz CT molecular complexity index is 1330. The average molecular weight is 568 g/mol. The van der Waals surface area contributed by atoms with E-state index in [9.17, 15) is 35.8 Å².